The van der Waals surface area contributed by atoms with Crippen LogP contribution < -0.4 is 9.47 Å². The van der Waals surface area contributed by atoms with Gasteiger partial charge >= 0.3 is 5.97 Å². The number of carbonyl (C=O) groups is 1. The lowest BCUT2D eigenvalue weighted by Gasteiger charge is -2.12. The number of methoxy groups -OCH3 is 1. The van der Waals surface area contributed by atoms with Crippen LogP contribution in [-0.2, 0) is 18.0 Å². The van der Waals surface area contributed by atoms with Crippen molar-refractivity contribution in [1.82, 2.24) is 5.16 Å². The zero-order valence-corrected chi connectivity index (χ0v) is 15.5. The molecule has 0 aliphatic carbocycles. The second kappa shape index (κ2) is 8.40. The SMILES string of the molecule is COc1cc(C(=O)OCc2c(C)noc2C)ccc1OCc1ccccc1. The van der Waals surface area contributed by atoms with E-state index in [2.05, 4.69) is 5.16 Å². The summed E-state index contributed by atoms with van der Waals surface area (Å²) in [6.45, 7) is 4.11. The number of hydrogen-bond acceptors (Lipinski definition) is 6. The minimum atomic E-state index is -0.456. The normalized spacial score (nSPS) is 10.5. The van der Waals surface area contributed by atoms with Crippen LogP contribution in [0.3, 0.4) is 0 Å². The van der Waals surface area contributed by atoms with Crippen molar-refractivity contribution in [3.63, 3.8) is 0 Å². The summed E-state index contributed by atoms with van der Waals surface area (Å²) in [5.74, 6) is 1.21. The number of esters is 1. The molecule has 0 amide bonds. The van der Waals surface area contributed by atoms with E-state index in [4.69, 9.17) is 18.7 Å². The molecule has 6 nitrogen and oxygen atoms in total. The maximum absolute atomic E-state index is 12.4. The molecule has 0 saturated heterocycles. The van der Waals surface area contributed by atoms with Gasteiger partial charge in [-0.15, -0.1) is 0 Å². The topological polar surface area (TPSA) is 70.8 Å². The molecule has 0 spiro atoms. The molecule has 0 aliphatic heterocycles. The summed E-state index contributed by atoms with van der Waals surface area (Å²) in [5, 5.41) is 3.85. The van der Waals surface area contributed by atoms with Gasteiger partial charge in [0.05, 0.1) is 23.9 Å². The van der Waals surface area contributed by atoms with Crippen molar-refractivity contribution in [3.8, 4) is 11.5 Å². The molecule has 2 aromatic carbocycles. The summed E-state index contributed by atoms with van der Waals surface area (Å²) in [5.41, 5.74) is 2.91. The number of carbonyl (C=O) groups excluding carboxylic acids is 1. The maximum atomic E-state index is 12.4. The second-order valence-electron chi connectivity index (χ2n) is 6.02. The van der Waals surface area contributed by atoms with Crippen molar-refractivity contribution < 1.29 is 23.5 Å². The van der Waals surface area contributed by atoms with Gasteiger partial charge in [-0.25, -0.2) is 4.79 Å². The van der Waals surface area contributed by atoms with Crippen LogP contribution in [0.1, 0.15) is 32.9 Å². The Morgan fingerprint density at radius 1 is 1.04 bits per heavy atom. The van der Waals surface area contributed by atoms with Crippen molar-refractivity contribution in [3.05, 3.63) is 76.7 Å². The van der Waals surface area contributed by atoms with Crippen LogP contribution in [0, 0.1) is 13.8 Å². The van der Waals surface area contributed by atoms with Crippen molar-refractivity contribution in [2.75, 3.05) is 7.11 Å². The largest absolute Gasteiger partial charge is 0.493 e. The Bertz CT molecular complexity index is 898. The predicted molar refractivity (Wildman–Crippen MR) is 98.9 cm³/mol. The van der Waals surface area contributed by atoms with Crippen LogP contribution in [-0.4, -0.2) is 18.2 Å². The molecule has 3 aromatic rings. The van der Waals surface area contributed by atoms with Gasteiger partial charge < -0.3 is 18.7 Å². The smallest absolute Gasteiger partial charge is 0.338 e. The van der Waals surface area contributed by atoms with Gasteiger partial charge in [0.25, 0.3) is 0 Å². The Morgan fingerprint density at radius 2 is 1.81 bits per heavy atom. The molecule has 0 atom stereocenters. The Hall–Kier alpha value is -3.28. The number of nitrogens with zero attached hydrogens (tertiary/aromatic N) is 1. The van der Waals surface area contributed by atoms with Crippen molar-refractivity contribution >= 4 is 5.97 Å². The van der Waals surface area contributed by atoms with Crippen LogP contribution in [0.4, 0.5) is 0 Å². The maximum Gasteiger partial charge on any atom is 0.338 e. The number of hydrogen-bond donors (Lipinski definition) is 0. The molecule has 1 aromatic heterocycles. The van der Waals surface area contributed by atoms with Gasteiger partial charge in [-0.3, -0.25) is 0 Å². The van der Waals surface area contributed by atoms with E-state index in [1.54, 1.807) is 25.1 Å². The van der Waals surface area contributed by atoms with E-state index in [-0.39, 0.29) is 6.61 Å². The summed E-state index contributed by atoms with van der Waals surface area (Å²) in [6.07, 6.45) is 0. The fourth-order valence-electron chi connectivity index (χ4n) is 2.58. The first-order valence-electron chi connectivity index (χ1n) is 8.52. The predicted octanol–water partition coefficient (Wildman–Crippen LogP) is 4.24. The lowest BCUT2D eigenvalue weighted by molar-refractivity contribution is 0.0470. The monoisotopic (exact) mass is 367 g/mol. The average molecular weight is 367 g/mol. The Morgan fingerprint density at radius 3 is 2.48 bits per heavy atom. The molecule has 0 aliphatic rings. The second-order valence-corrected chi connectivity index (χ2v) is 6.02. The Kier molecular flexibility index (Phi) is 5.76. The fourth-order valence-corrected chi connectivity index (χ4v) is 2.58. The highest BCUT2D eigenvalue weighted by Gasteiger charge is 2.15. The van der Waals surface area contributed by atoms with E-state index in [1.165, 1.54) is 7.11 Å². The molecule has 1 heterocycles. The van der Waals surface area contributed by atoms with Gasteiger partial charge in [0.1, 0.15) is 19.0 Å². The molecule has 140 valence electrons. The molecular formula is C21H21NO5. The van der Waals surface area contributed by atoms with Gasteiger partial charge in [-0.2, -0.15) is 0 Å². The fraction of sp³-hybridized carbons (Fsp3) is 0.238. The van der Waals surface area contributed by atoms with E-state index in [0.29, 0.717) is 35.1 Å². The lowest BCUT2D eigenvalue weighted by atomic mass is 10.2. The van der Waals surface area contributed by atoms with Crippen LogP contribution in [0.15, 0.2) is 53.1 Å². The van der Waals surface area contributed by atoms with E-state index >= 15 is 0 Å². The molecule has 0 radical (unpaired) electrons. The first kappa shape index (κ1) is 18.5. The minimum Gasteiger partial charge on any atom is -0.493 e. The zero-order valence-electron chi connectivity index (χ0n) is 15.5. The highest BCUT2D eigenvalue weighted by Crippen LogP contribution is 2.29. The Balaban J connectivity index is 1.66. The molecule has 3 rings (SSSR count). The minimum absolute atomic E-state index is 0.106. The molecule has 27 heavy (non-hydrogen) atoms. The molecule has 0 N–H and O–H groups in total. The molecule has 6 heteroatoms. The summed E-state index contributed by atoms with van der Waals surface area (Å²) in [6, 6.07) is 14.8. The van der Waals surface area contributed by atoms with Crippen molar-refractivity contribution in [2.24, 2.45) is 0 Å². The lowest BCUT2D eigenvalue weighted by Crippen LogP contribution is -2.07. The van der Waals surface area contributed by atoms with E-state index in [9.17, 15) is 4.79 Å². The van der Waals surface area contributed by atoms with E-state index in [0.717, 1.165) is 11.1 Å². The number of ether oxygens (including phenoxy) is 3. The number of rotatable bonds is 7. The number of benzene rings is 2. The van der Waals surface area contributed by atoms with Gasteiger partial charge in [-0.1, -0.05) is 35.5 Å². The molecule has 0 fully saturated rings. The van der Waals surface area contributed by atoms with Gasteiger partial charge in [0.2, 0.25) is 0 Å². The first-order valence-corrected chi connectivity index (χ1v) is 8.52. The van der Waals surface area contributed by atoms with Crippen LogP contribution in [0.5, 0.6) is 11.5 Å². The summed E-state index contributed by atoms with van der Waals surface area (Å²) >= 11 is 0. The van der Waals surface area contributed by atoms with Gasteiger partial charge in [0, 0.05) is 0 Å². The van der Waals surface area contributed by atoms with Gasteiger partial charge in [-0.05, 0) is 37.6 Å². The third-order valence-electron chi connectivity index (χ3n) is 4.17. The summed E-state index contributed by atoms with van der Waals surface area (Å²) in [7, 11) is 1.53. The van der Waals surface area contributed by atoms with E-state index < -0.39 is 5.97 Å². The zero-order chi connectivity index (χ0) is 19.2. The summed E-state index contributed by atoms with van der Waals surface area (Å²) < 4.78 is 21.6. The molecular weight excluding hydrogens is 346 g/mol. The van der Waals surface area contributed by atoms with Crippen LogP contribution in [0.2, 0.25) is 0 Å². The Labute approximate surface area is 157 Å². The third-order valence-corrected chi connectivity index (χ3v) is 4.17. The number of aromatic nitrogens is 1. The van der Waals surface area contributed by atoms with Crippen LogP contribution in [0.25, 0.3) is 0 Å². The van der Waals surface area contributed by atoms with E-state index in [1.807, 2.05) is 37.3 Å². The van der Waals surface area contributed by atoms with Crippen LogP contribution >= 0.6 is 0 Å². The summed E-state index contributed by atoms with van der Waals surface area (Å²) in [4.78, 5) is 12.4. The number of aryl methyl sites for hydroxylation is 2. The molecule has 0 bridgehead atoms. The quantitative estimate of drug-likeness (QED) is 0.582. The average Bonchev–Trinajstić information content (AvgIpc) is 3.02. The van der Waals surface area contributed by atoms with Crippen molar-refractivity contribution in [1.29, 1.82) is 0 Å². The highest BCUT2D eigenvalue weighted by molar-refractivity contribution is 5.90. The van der Waals surface area contributed by atoms with Gasteiger partial charge in [0.15, 0.2) is 11.5 Å². The standard InChI is InChI=1S/C21H21NO5/c1-14-18(15(2)27-22-14)13-26-21(23)17-9-10-19(20(11-17)24-3)25-12-16-7-5-4-6-8-16/h4-11H,12-13H2,1-3H3. The highest BCUT2D eigenvalue weighted by atomic mass is 16.5. The first-order chi connectivity index (χ1) is 13.1. The van der Waals surface area contributed by atoms with Crippen molar-refractivity contribution in [2.45, 2.75) is 27.1 Å². The third kappa shape index (κ3) is 4.47. The molecule has 0 unspecified atom stereocenters. The molecule has 0 saturated carbocycles.